The molecule has 0 fully saturated rings. The number of hydrogen-bond donors (Lipinski definition) is 0. The molecule has 1 aromatic heterocycles. The number of benzene rings is 5. The van der Waals surface area contributed by atoms with Crippen LogP contribution in [-0.2, 0) is 0 Å². The molecular formula is C39H31NS. The average molecular weight is 546 g/mol. The first kappa shape index (κ1) is 25.4. The van der Waals surface area contributed by atoms with Crippen molar-refractivity contribution in [1.82, 2.24) is 4.57 Å². The van der Waals surface area contributed by atoms with Crippen LogP contribution in [0.3, 0.4) is 0 Å². The van der Waals surface area contributed by atoms with Crippen LogP contribution in [0.1, 0.15) is 29.5 Å². The highest BCUT2D eigenvalue weighted by Gasteiger charge is 2.19. The van der Waals surface area contributed by atoms with Crippen LogP contribution in [0.4, 0.5) is 0 Å². The fourth-order valence-corrected chi connectivity index (χ4v) is 7.01. The lowest BCUT2D eigenvalue weighted by molar-refractivity contribution is 0.924. The molecule has 0 amide bonds. The molecule has 1 unspecified atom stereocenters. The number of fused-ring (bicyclic) bond motifs is 4. The SMILES string of the molecule is C=C1/C=C(C(C)c2ccccc2-c2cc(-n3c4ccccc4c4ccccc43)ccc2C)\C=C/Sc2ccccc21. The van der Waals surface area contributed by atoms with Crippen molar-refractivity contribution >= 4 is 39.1 Å². The molecule has 0 spiro atoms. The van der Waals surface area contributed by atoms with Gasteiger partial charge < -0.3 is 4.57 Å². The molecule has 0 saturated heterocycles. The van der Waals surface area contributed by atoms with Gasteiger partial charge in [-0.2, -0.15) is 0 Å². The second-order valence-corrected chi connectivity index (χ2v) is 11.7. The van der Waals surface area contributed by atoms with Gasteiger partial charge in [-0.25, -0.2) is 0 Å². The van der Waals surface area contributed by atoms with Gasteiger partial charge in [-0.3, -0.25) is 0 Å². The Bertz CT molecular complexity index is 1970. The Morgan fingerprint density at radius 3 is 2.07 bits per heavy atom. The zero-order valence-corrected chi connectivity index (χ0v) is 24.2. The lowest BCUT2D eigenvalue weighted by Crippen LogP contribution is -2.02. The van der Waals surface area contributed by atoms with Crippen LogP contribution in [0, 0.1) is 6.92 Å². The number of hydrogen-bond acceptors (Lipinski definition) is 1. The number of thioether (sulfide) groups is 1. The first-order chi connectivity index (χ1) is 20.1. The number of aryl methyl sites for hydroxylation is 1. The first-order valence-electron chi connectivity index (χ1n) is 14.1. The summed E-state index contributed by atoms with van der Waals surface area (Å²) in [6.45, 7) is 8.97. The summed E-state index contributed by atoms with van der Waals surface area (Å²) >= 11 is 1.76. The van der Waals surface area contributed by atoms with Gasteiger partial charge in [0.25, 0.3) is 0 Å². The van der Waals surface area contributed by atoms with Gasteiger partial charge in [0.1, 0.15) is 0 Å². The Balaban J connectivity index is 1.35. The van der Waals surface area contributed by atoms with Gasteiger partial charge in [-0.05, 0) is 81.6 Å². The zero-order valence-electron chi connectivity index (χ0n) is 23.3. The monoisotopic (exact) mass is 545 g/mol. The lowest BCUT2D eigenvalue weighted by Gasteiger charge is -2.21. The van der Waals surface area contributed by atoms with Gasteiger partial charge in [0.05, 0.1) is 11.0 Å². The molecule has 2 heterocycles. The summed E-state index contributed by atoms with van der Waals surface area (Å²) in [4.78, 5) is 1.25. The Hall–Kier alpha value is -4.53. The maximum absolute atomic E-state index is 4.44. The number of para-hydroxylation sites is 2. The second-order valence-electron chi connectivity index (χ2n) is 10.8. The number of nitrogens with zero attached hydrogens (tertiary/aromatic N) is 1. The molecule has 0 bridgehead atoms. The average Bonchev–Trinajstić information content (AvgIpc) is 3.34. The van der Waals surface area contributed by atoms with Gasteiger partial charge in [0, 0.05) is 27.3 Å². The Kier molecular flexibility index (Phi) is 6.49. The lowest BCUT2D eigenvalue weighted by atomic mass is 9.84. The predicted molar refractivity (Wildman–Crippen MR) is 178 cm³/mol. The molecule has 7 rings (SSSR count). The summed E-state index contributed by atoms with van der Waals surface area (Å²) in [6, 6.07) is 41.7. The summed E-state index contributed by atoms with van der Waals surface area (Å²) in [6.07, 6.45) is 4.52. The van der Waals surface area contributed by atoms with Crippen molar-refractivity contribution in [3.63, 3.8) is 0 Å². The Morgan fingerprint density at radius 2 is 1.32 bits per heavy atom. The molecule has 1 atom stereocenters. The highest BCUT2D eigenvalue weighted by Crippen LogP contribution is 2.40. The number of allylic oxidation sites excluding steroid dienone is 4. The third kappa shape index (κ3) is 4.45. The minimum Gasteiger partial charge on any atom is -0.309 e. The van der Waals surface area contributed by atoms with E-state index in [2.05, 4.69) is 158 Å². The minimum atomic E-state index is 0.196. The first-order valence-corrected chi connectivity index (χ1v) is 15.0. The van der Waals surface area contributed by atoms with Crippen LogP contribution < -0.4 is 0 Å². The molecule has 1 aliphatic rings. The van der Waals surface area contributed by atoms with Crippen LogP contribution in [0.25, 0.3) is 44.2 Å². The topological polar surface area (TPSA) is 4.93 Å². The maximum atomic E-state index is 4.44. The number of rotatable bonds is 4. The smallest absolute Gasteiger partial charge is 0.0541 e. The van der Waals surface area contributed by atoms with Gasteiger partial charge in [0.15, 0.2) is 0 Å². The quantitative estimate of drug-likeness (QED) is 0.213. The van der Waals surface area contributed by atoms with E-state index in [-0.39, 0.29) is 5.92 Å². The van der Waals surface area contributed by atoms with Crippen molar-refractivity contribution in [2.75, 3.05) is 0 Å². The van der Waals surface area contributed by atoms with Crippen molar-refractivity contribution in [1.29, 1.82) is 0 Å². The van der Waals surface area contributed by atoms with E-state index in [4.69, 9.17) is 0 Å². The minimum absolute atomic E-state index is 0.196. The summed E-state index contributed by atoms with van der Waals surface area (Å²) in [5, 5.41) is 4.77. The predicted octanol–water partition coefficient (Wildman–Crippen LogP) is 11.1. The molecular weight excluding hydrogens is 515 g/mol. The Morgan fingerprint density at radius 1 is 0.683 bits per heavy atom. The summed E-state index contributed by atoms with van der Waals surface area (Å²) in [7, 11) is 0. The molecule has 5 aromatic carbocycles. The molecule has 198 valence electrons. The van der Waals surface area contributed by atoms with Crippen LogP contribution in [0.5, 0.6) is 0 Å². The molecule has 2 heteroatoms. The fraction of sp³-hybridized carbons (Fsp3) is 0.0769. The van der Waals surface area contributed by atoms with Crippen LogP contribution >= 0.6 is 11.8 Å². The zero-order chi connectivity index (χ0) is 27.9. The van der Waals surface area contributed by atoms with E-state index in [1.807, 2.05) is 0 Å². The molecule has 0 aliphatic carbocycles. The van der Waals surface area contributed by atoms with Gasteiger partial charge in [0.2, 0.25) is 0 Å². The van der Waals surface area contributed by atoms with Crippen LogP contribution in [0.2, 0.25) is 0 Å². The molecule has 0 radical (unpaired) electrons. The molecule has 0 saturated carbocycles. The van der Waals surface area contributed by atoms with Crippen molar-refractivity contribution in [2.24, 2.45) is 0 Å². The molecule has 41 heavy (non-hydrogen) atoms. The highest BCUT2D eigenvalue weighted by molar-refractivity contribution is 8.02. The van der Waals surface area contributed by atoms with Crippen molar-refractivity contribution in [2.45, 2.75) is 24.7 Å². The third-order valence-corrected chi connectivity index (χ3v) is 9.19. The molecule has 1 nitrogen and oxygen atoms in total. The van der Waals surface area contributed by atoms with E-state index in [1.165, 1.54) is 65.8 Å². The van der Waals surface area contributed by atoms with Crippen molar-refractivity contribution in [3.8, 4) is 16.8 Å². The Labute approximate surface area is 246 Å². The van der Waals surface area contributed by atoms with E-state index in [1.54, 1.807) is 11.8 Å². The standard InChI is InChI=1S/C39H31NS/c1-26-20-21-30(40-37-17-9-6-15-34(37)35-16-7-10-18-38(35)40)25-36(26)33-14-5-4-13-32(33)28(3)29-22-23-41-39-19-11-8-12-31(39)27(2)24-29/h4-25,28H,2H2,1,3H3/b23-22-,29-24+. The maximum Gasteiger partial charge on any atom is 0.0541 e. The second kappa shape index (κ2) is 10.5. The van der Waals surface area contributed by atoms with Crippen molar-refractivity contribution in [3.05, 3.63) is 162 Å². The van der Waals surface area contributed by atoms with Crippen LogP contribution in [0.15, 0.2) is 150 Å². The van der Waals surface area contributed by atoms with Gasteiger partial charge in [-0.1, -0.05) is 122 Å². The van der Waals surface area contributed by atoms with E-state index >= 15 is 0 Å². The normalized spacial score (nSPS) is 16.0. The summed E-state index contributed by atoms with van der Waals surface area (Å²) in [5.41, 5.74) is 12.3. The molecule has 6 aromatic rings. The highest BCUT2D eigenvalue weighted by atomic mass is 32.2. The van der Waals surface area contributed by atoms with E-state index in [0.29, 0.717) is 0 Å². The number of aromatic nitrogens is 1. The van der Waals surface area contributed by atoms with E-state index in [9.17, 15) is 0 Å². The summed E-state index contributed by atoms with van der Waals surface area (Å²) < 4.78 is 2.40. The van der Waals surface area contributed by atoms with Gasteiger partial charge in [-0.15, -0.1) is 0 Å². The van der Waals surface area contributed by atoms with Gasteiger partial charge >= 0.3 is 0 Å². The van der Waals surface area contributed by atoms with E-state index < -0.39 is 0 Å². The van der Waals surface area contributed by atoms with Crippen molar-refractivity contribution < 1.29 is 0 Å². The van der Waals surface area contributed by atoms with E-state index in [0.717, 1.165) is 5.57 Å². The molecule has 0 N–H and O–H groups in total. The molecule has 1 aliphatic heterocycles. The largest absolute Gasteiger partial charge is 0.309 e. The third-order valence-electron chi connectivity index (χ3n) is 8.31. The summed E-state index contributed by atoms with van der Waals surface area (Å²) in [5.74, 6) is 0.196. The van der Waals surface area contributed by atoms with Crippen LogP contribution in [-0.4, -0.2) is 4.57 Å². The fourth-order valence-electron chi connectivity index (χ4n) is 6.16.